The smallest absolute Gasteiger partial charge is 0.124 e. The lowest BCUT2D eigenvalue weighted by Gasteiger charge is -1.99. The maximum absolute atomic E-state index is 9.56. The van der Waals surface area contributed by atoms with E-state index >= 15 is 0 Å². The molecule has 0 radical (unpaired) electrons. The van der Waals surface area contributed by atoms with E-state index in [1.54, 1.807) is 24.4 Å². The Morgan fingerprint density at radius 1 is 0.762 bits per heavy atom. The van der Waals surface area contributed by atoms with E-state index in [0.29, 0.717) is 24.2 Å². The van der Waals surface area contributed by atoms with Gasteiger partial charge in [0, 0.05) is 23.6 Å². The quantitative estimate of drug-likeness (QED) is 0.447. The number of hydrogen-bond donors (Lipinski definition) is 3. The molecule has 0 aliphatic rings. The summed E-state index contributed by atoms with van der Waals surface area (Å²) in [6.45, 7) is 0.906. The molecule has 108 valence electrons. The van der Waals surface area contributed by atoms with Gasteiger partial charge in [0.25, 0.3) is 0 Å². The Bertz CT molecular complexity index is 666. The number of nitrogens with zero attached hydrogens (tertiary/aromatic N) is 2. The molecule has 0 aliphatic carbocycles. The first-order valence-electron chi connectivity index (χ1n) is 6.46. The van der Waals surface area contributed by atoms with Crippen molar-refractivity contribution in [1.29, 1.82) is 0 Å². The van der Waals surface area contributed by atoms with Crippen LogP contribution in [0.3, 0.4) is 0 Å². The van der Waals surface area contributed by atoms with Crippen LogP contribution in [0.2, 0.25) is 0 Å². The van der Waals surface area contributed by atoms with Gasteiger partial charge in [0.1, 0.15) is 17.2 Å². The van der Waals surface area contributed by atoms with Gasteiger partial charge in [0.2, 0.25) is 0 Å². The van der Waals surface area contributed by atoms with Crippen molar-refractivity contribution in [3.8, 4) is 17.2 Å². The summed E-state index contributed by atoms with van der Waals surface area (Å²) in [4.78, 5) is 8.29. The van der Waals surface area contributed by atoms with Crippen LogP contribution in [0.15, 0.2) is 52.4 Å². The van der Waals surface area contributed by atoms with E-state index < -0.39 is 0 Å². The van der Waals surface area contributed by atoms with Gasteiger partial charge >= 0.3 is 0 Å². The number of benzene rings is 2. The van der Waals surface area contributed by atoms with Crippen LogP contribution in [0.5, 0.6) is 17.2 Å². The van der Waals surface area contributed by atoms with E-state index in [1.165, 1.54) is 24.4 Å². The predicted molar refractivity (Wildman–Crippen MR) is 82.8 cm³/mol. The van der Waals surface area contributed by atoms with Crippen molar-refractivity contribution >= 4 is 12.4 Å². The topological polar surface area (TPSA) is 85.4 Å². The van der Waals surface area contributed by atoms with Crippen molar-refractivity contribution in [2.24, 2.45) is 9.98 Å². The SMILES string of the molecule is Oc1ccc(O)c(C=NCCN=Cc2ccccc2O)c1. The normalized spacial score (nSPS) is 11.4. The van der Waals surface area contributed by atoms with E-state index in [1.807, 2.05) is 6.07 Å². The van der Waals surface area contributed by atoms with Crippen LogP contribution in [0.1, 0.15) is 11.1 Å². The highest BCUT2D eigenvalue weighted by atomic mass is 16.3. The van der Waals surface area contributed by atoms with Crippen LogP contribution in [0.25, 0.3) is 0 Å². The Kier molecular flexibility index (Phi) is 4.93. The molecule has 0 unspecified atom stereocenters. The van der Waals surface area contributed by atoms with Crippen molar-refractivity contribution < 1.29 is 15.3 Å². The first-order chi connectivity index (χ1) is 10.2. The lowest BCUT2D eigenvalue weighted by Crippen LogP contribution is -1.91. The number of hydrogen-bond acceptors (Lipinski definition) is 5. The molecule has 5 heteroatoms. The average Bonchev–Trinajstić information content (AvgIpc) is 2.48. The predicted octanol–water partition coefficient (Wildman–Crippen LogP) is 2.34. The fraction of sp³-hybridized carbons (Fsp3) is 0.125. The molecule has 0 atom stereocenters. The average molecular weight is 284 g/mol. The first-order valence-corrected chi connectivity index (χ1v) is 6.46. The molecule has 2 rings (SSSR count). The zero-order valence-electron chi connectivity index (χ0n) is 11.3. The minimum atomic E-state index is 0.0641. The molecule has 0 spiro atoms. The standard InChI is InChI=1S/C16H16N2O3/c19-14-5-6-16(21)13(9-14)11-18-8-7-17-10-12-3-1-2-4-15(12)20/h1-6,9-11,19-21H,7-8H2. The van der Waals surface area contributed by atoms with E-state index in [2.05, 4.69) is 9.98 Å². The van der Waals surface area contributed by atoms with Crippen LogP contribution in [0.4, 0.5) is 0 Å². The second kappa shape index (κ2) is 7.09. The van der Waals surface area contributed by atoms with Crippen LogP contribution in [-0.4, -0.2) is 40.8 Å². The molecule has 0 amide bonds. The summed E-state index contributed by atoms with van der Waals surface area (Å²) < 4.78 is 0. The van der Waals surface area contributed by atoms with Crippen molar-refractivity contribution in [1.82, 2.24) is 0 Å². The molecule has 0 fully saturated rings. The molecule has 0 heterocycles. The number of phenolic OH excluding ortho intramolecular Hbond substituents is 3. The molecule has 0 aromatic heterocycles. The summed E-state index contributed by atoms with van der Waals surface area (Å²) in [6, 6.07) is 11.2. The van der Waals surface area contributed by atoms with Crippen molar-refractivity contribution in [2.75, 3.05) is 13.1 Å². The fourth-order valence-corrected chi connectivity index (χ4v) is 1.68. The van der Waals surface area contributed by atoms with Gasteiger partial charge in [0.15, 0.2) is 0 Å². The highest BCUT2D eigenvalue weighted by Crippen LogP contribution is 2.20. The van der Waals surface area contributed by atoms with Gasteiger partial charge < -0.3 is 15.3 Å². The van der Waals surface area contributed by atoms with E-state index in [-0.39, 0.29) is 17.2 Å². The van der Waals surface area contributed by atoms with Gasteiger partial charge in [-0.15, -0.1) is 0 Å². The number of rotatable bonds is 5. The van der Waals surface area contributed by atoms with E-state index in [0.717, 1.165) is 0 Å². The molecule has 2 aromatic rings. The zero-order valence-corrected chi connectivity index (χ0v) is 11.3. The van der Waals surface area contributed by atoms with E-state index in [4.69, 9.17) is 0 Å². The minimum absolute atomic E-state index is 0.0641. The van der Waals surface area contributed by atoms with Crippen molar-refractivity contribution in [3.05, 3.63) is 53.6 Å². The number of aliphatic imine (C=N–C) groups is 2. The van der Waals surface area contributed by atoms with Gasteiger partial charge in [0.05, 0.1) is 13.1 Å². The molecular formula is C16H16N2O3. The third-order valence-electron chi connectivity index (χ3n) is 2.77. The molecule has 21 heavy (non-hydrogen) atoms. The van der Waals surface area contributed by atoms with Crippen molar-refractivity contribution in [2.45, 2.75) is 0 Å². The highest BCUT2D eigenvalue weighted by Gasteiger charge is 1.98. The molecule has 0 bridgehead atoms. The summed E-state index contributed by atoms with van der Waals surface area (Å²) in [5, 5.41) is 28.4. The number of aromatic hydroxyl groups is 3. The lowest BCUT2D eigenvalue weighted by atomic mass is 10.2. The Morgan fingerprint density at radius 2 is 1.38 bits per heavy atom. The van der Waals surface area contributed by atoms with Gasteiger partial charge in [-0.2, -0.15) is 0 Å². The maximum atomic E-state index is 9.56. The first kappa shape index (κ1) is 14.6. The Labute approximate surface area is 122 Å². The highest BCUT2D eigenvalue weighted by molar-refractivity contribution is 5.84. The largest absolute Gasteiger partial charge is 0.508 e. The van der Waals surface area contributed by atoms with Gasteiger partial charge in [-0.25, -0.2) is 0 Å². The molecule has 3 N–H and O–H groups in total. The van der Waals surface area contributed by atoms with Gasteiger partial charge in [-0.1, -0.05) is 12.1 Å². The third-order valence-corrected chi connectivity index (χ3v) is 2.77. The molecule has 0 saturated heterocycles. The molecule has 0 saturated carbocycles. The Hall–Kier alpha value is -2.82. The third kappa shape index (κ3) is 4.35. The van der Waals surface area contributed by atoms with Gasteiger partial charge in [-0.05, 0) is 30.3 Å². The monoisotopic (exact) mass is 284 g/mol. The summed E-state index contributed by atoms with van der Waals surface area (Å²) in [6.07, 6.45) is 3.08. The lowest BCUT2D eigenvalue weighted by molar-refractivity contribution is 0.459. The summed E-state index contributed by atoms with van der Waals surface area (Å²) in [5.41, 5.74) is 1.12. The van der Waals surface area contributed by atoms with Crippen LogP contribution in [0, 0.1) is 0 Å². The second-order valence-corrected chi connectivity index (χ2v) is 4.37. The van der Waals surface area contributed by atoms with Crippen LogP contribution >= 0.6 is 0 Å². The van der Waals surface area contributed by atoms with Crippen molar-refractivity contribution in [3.63, 3.8) is 0 Å². The minimum Gasteiger partial charge on any atom is -0.508 e. The summed E-state index contributed by atoms with van der Waals surface area (Å²) in [7, 11) is 0. The second-order valence-electron chi connectivity index (χ2n) is 4.37. The van der Waals surface area contributed by atoms with Crippen LogP contribution < -0.4 is 0 Å². The Balaban J connectivity index is 1.86. The number of phenols is 3. The van der Waals surface area contributed by atoms with Gasteiger partial charge in [-0.3, -0.25) is 9.98 Å². The molecular weight excluding hydrogens is 268 g/mol. The maximum Gasteiger partial charge on any atom is 0.124 e. The molecule has 5 nitrogen and oxygen atoms in total. The van der Waals surface area contributed by atoms with E-state index in [9.17, 15) is 15.3 Å². The fourth-order valence-electron chi connectivity index (χ4n) is 1.68. The summed E-state index contributed by atoms with van der Waals surface area (Å²) in [5.74, 6) is 0.329. The van der Waals surface area contributed by atoms with Crippen LogP contribution in [-0.2, 0) is 0 Å². The Morgan fingerprint density at radius 3 is 2.10 bits per heavy atom. The zero-order chi connectivity index (χ0) is 15.1. The summed E-state index contributed by atoms with van der Waals surface area (Å²) >= 11 is 0. The molecule has 2 aromatic carbocycles. The molecule has 0 aliphatic heterocycles. The number of para-hydroxylation sites is 1.